The maximum Gasteiger partial charge on any atom is 0.438 e. The van der Waals surface area contributed by atoms with Crippen LogP contribution in [0, 0.1) is 31.4 Å². The molecule has 0 bridgehead atoms. The van der Waals surface area contributed by atoms with Crippen LogP contribution >= 0.6 is 7.14 Å². The van der Waals surface area contributed by atoms with E-state index < -0.39 is 36.0 Å². The number of hydrogen-bond donors (Lipinski definition) is 1. The molecule has 2 fully saturated rings. The summed E-state index contributed by atoms with van der Waals surface area (Å²) >= 11 is 0. The van der Waals surface area contributed by atoms with E-state index in [-0.39, 0.29) is 28.6 Å². The van der Waals surface area contributed by atoms with Gasteiger partial charge in [0, 0.05) is 67.4 Å². The van der Waals surface area contributed by atoms with Gasteiger partial charge in [-0.1, -0.05) is 38.9 Å². The van der Waals surface area contributed by atoms with Gasteiger partial charge in [-0.3, -0.25) is 23.4 Å². The number of nitrogens with one attached hydrogen (secondary N) is 1. The Kier molecular flexibility index (Phi) is 11.1. The number of nitrogens with zero attached hydrogens (tertiary/aromatic N) is 7. The zero-order valence-corrected chi connectivity index (χ0v) is 39.8. The molecule has 1 saturated carbocycles. The Balaban J connectivity index is 1.12. The highest BCUT2D eigenvalue weighted by Gasteiger charge is 2.59. The van der Waals surface area contributed by atoms with Crippen LogP contribution in [0.3, 0.4) is 0 Å². The molecule has 7 aromatic rings. The number of fused-ring (bicyclic) bond motifs is 2. The van der Waals surface area contributed by atoms with Crippen molar-refractivity contribution in [1.82, 2.24) is 38.5 Å². The Labute approximate surface area is 385 Å². The molecule has 14 nitrogen and oxygen atoms in total. The minimum absolute atomic E-state index is 0.000190. The van der Waals surface area contributed by atoms with Crippen LogP contribution in [0.4, 0.5) is 8.78 Å². The zero-order chi connectivity index (χ0) is 47.3. The van der Waals surface area contributed by atoms with Gasteiger partial charge in [-0.05, 0) is 123 Å². The van der Waals surface area contributed by atoms with Gasteiger partial charge in [-0.2, -0.15) is 5.10 Å². The number of rotatable bonds is 11. The average Bonchev–Trinajstić information content (AvgIpc) is 3.82. The van der Waals surface area contributed by atoms with E-state index in [1.54, 1.807) is 67.9 Å². The number of aromatic nitrogens is 7. The predicted molar refractivity (Wildman–Crippen MR) is 251 cm³/mol. The second kappa shape index (κ2) is 16.6. The Morgan fingerprint density at radius 3 is 2.28 bits per heavy atom. The summed E-state index contributed by atoms with van der Waals surface area (Å²) in [5, 5.41) is 10.4. The number of hydrogen-bond acceptors (Lipinski definition) is 8. The van der Waals surface area contributed by atoms with Crippen molar-refractivity contribution < 1.29 is 27.4 Å². The minimum Gasteiger partial charge on any atom is -0.381 e. The fourth-order valence-electron chi connectivity index (χ4n) is 11.0. The van der Waals surface area contributed by atoms with Crippen molar-refractivity contribution in [3.05, 3.63) is 139 Å². The van der Waals surface area contributed by atoms with Gasteiger partial charge in [0.15, 0.2) is 5.82 Å². The van der Waals surface area contributed by atoms with E-state index in [2.05, 4.69) is 35.3 Å². The second-order valence-electron chi connectivity index (χ2n) is 18.6. The quantitative estimate of drug-likeness (QED) is 0.127. The maximum absolute atomic E-state index is 16.2. The average molecular weight is 933 g/mol. The van der Waals surface area contributed by atoms with Gasteiger partial charge in [0.2, 0.25) is 0 Å². The number of aryl methyl sites for hydroxylation is 3. The van der Waals surface area contributed by atoms with Crippen LogP contribution in [0.2, 0.25) is 0 Å². The zero-order valence-electron chi connectivity index (χ0n) is 38.9. The lowest BCUT2D eigenvalue weighted by Crippen LogP contribution is -2.41. The molecule has 1 amide bonds. The molecule has 0 spiro atoms. The van der Waals surface area contributed by atoms with Crippen molar-refractivity contribution in [3.8, 4) is 17.2 Å². The first-order valence-corrected chi connectivity index (χ1v) is 25.4. The number of imidazole rings is 1. The molecule has 1 N–H and O–H groups in total. The molecule has 3 atom stereocenters. The van der Waals surface area contributed by atoms with E-state index in [1.807, 2.05) is 24.5 Å². The molecular formula is C50H55F2N8O6P. The number of H-pyrrole nitrogens is 1. The fraction of sp³-hybridized carbons (Fsp3) is 0.420. The number of carbonyl (C=O) groups is 1. The van der Waals surface area contributed by atoms with E-state index in [4.69, 9.17) is 14.4 Å². The summed E-state index contributed by atoms with van der Waals surface area (Å²) in [6.07, 6.45) is 6.96. The molecule has 0 radical (unpaired) electrons. The number of aromatic amines is 1. The molecule has 1 saturated heterocycles. The SMILES string of the molecule is CCc1cc(-n2ccn(-c3c4c(nn3-c3cc(C)c(F)c(C)c3)CCN(C(=O)c3cc5cc(C6CCOCC6)ccc5n3[C@@]3(c5noc(=O)[nH]5)C[C@@H]3C)[C@H]4C)c2=O)cc(F)c1P(=O)(CC)CC. The molecule has 17 heteroatoms. The van der Waals surface area contributed by atoms with Crippen molar-refractivity contribution in [2.24, 2.45) is 5.92 Å². The number of ether oxygens (including phenoxy) is 1. The van der Waals surface area contributed by atoms with Crippen molar-refractivity contribution in [2.45, 2.75) is 98.1 Å². The Hall–Kier alpha value is -6.12. The first kappa shape index (κ1) is 44.7. The second-order valence-corrected chi connectivity index (χ2v) is 22.1. The Morgan fingerprint density at radius 2 is 1.64 bits per heavy atom. The van der Waals surface area contributed by atoms with E-state index >= 15 is 13.6 Å². The number of amides is 1. The van der Waals surface area contributed by atoms with Crippen molar-refractivity contribution in [1.29, 1.82) is 0 Å². The summed E-state index contributed by atoms with van der Waals surface area (Å²) in [4.78, 5) is 47.4. The van der Waals surface area contributed by atoms with Crippen LogP contribution in [-0.4, -0.2) is 76.5 Å². The summed E-state index contributed by atoms with van der Waals surface area (Å²) < 4.78 is 62.4. The lowest BCUT2D eigenvalue weighted by atomic mass is 9.91. The maximum atomic E-state index is 16.2. The van der Waals surface area contributed by atoms with E-state index in [0.717, 1.165) is 23.7 Å². The third-order valence-electron chi connectivity index (χ3n) is 14.9. The van der Waals surface area contributed by atoms with E-state index in [0.29, 0.717) is 108 Å². The topological polar surface area (TPSA) is 155 Å². The van der Waals surface area contributed by atoms with Crippen LogP contribution in [0.5, 0.6) is 0 Å². The van der Waals surface area contributed by atoms with Gasteiger partial charge in [0.1, 0.15) is 35.8 Å². The van der Waals surface area contributed by atoms with Crippen LogP contribution in [-0.2, 0) is 27.7 Å². The number of halogens is 2. The third-order valence-corrected chi connectivity index (χ3v) is 18.2. The molecule has 6 heterocycles. The molecular weight excluding hydrogens is 878 g/mol. The summed E-state index contributed by atoms with van der Waals surface area (Å²) in [7, 11) is -3.00. The fourth-order valence-corrected chi connectivity index (χ4v) is 13.3. The van der Waals surface area contributed by atoms with Gasteiger partial charge in [0.05, 0.1) is 28.4 Å². The van der Waals surface area contributed by atoms with Crippen LogP contribution in [0.1, 0.15) is 116 Å². The van der Waals surface area contributed by atoms with Crippen LogP contribution < -0.4 is 16.8 Å². The first-order valence-electron chi connectivity index (χ1n) is 23.4. The third kappa shape index (κ3) is 7.03. The molecule has 0 unspecified atom stereocenters. The molecule has 3 aliphatic rings. The molecule has 350 valence electrons. The monoisotopic (exact) mass is 932 g/mol. The highest BCUT2D eigenvalue weighted by Crippen LogP contribution is 2.56. The summed E-state index contributed by atoms with van der Waals surface area (Å²) in [5.41, 5.74) is 4.50. The standard InChI is InChI=1S/C50H55F2N8O6P/c1-8-32-24-36(26-38(51)44(32)67(64,9-2)10-3)57-17-18-58(49(57)63)45-42-31(7)56(16-13-39(42)54-60(45)37-21-28(4)43(52)29(5)22-37)46(61)41-25-35-23-34(33-14-19-65-20-15-33)11-12-40(35)59(41)50(27-30(50)6)47-53-48(62)66-55-47/h11-12,17-18,21-26,30-31,33H,8-10,13-16,19-20,27H2,1-7H3,(H,53,55,62)/t30-,31-,50-/m0/s1. The highest BCUT2D eigenvalue weighted by atomic mass is 31.2. The normalized spacial score (nSPS) is 19.9. The van der Waals surface area contributed by atoms with E-state index in [1.165, 1.54) is 20.8 Å². The van der Waals surface area contributed by atoms with Crippen molar-refractivity contribution in [3.63, 3.8) is 0 Å². The lowest BCUT2D eigenvalue weighted by Gasteiger charge is -2.34. The van der Waals surface area contributed by atoms with Crippen LogP contribution in [0.15, 0.2) is 75.0 Å². The summed E-state index contributed by atoms with van der Waals surface area (Å²) in [6, 6.07) is 14.0. The van der Waals surface area contributed by atoms with Crippen LogP contribution in [0.25, 0.3) is 28.1 Å². The highest BCUT2D eigenvalue weighted by molar-refractivity contribution is 7.71. The van der Waals surface area contributed by atoms with Crippen molar-refractivity contribution >= 4 is 29.3 Å². The molecule has 67 heavy (non-hydrogen) atoms. The molecule has 3 aromatic carbocycles. The number of benzene rings is 3. The number of carbonyl (C=O) groups excluding carboxylic acids is 1. The lowest BCUT2D eigenvalue weighted by molar-refractivity contribution is 0.0663. The Morgan fingerprint density at radius 1 is 0.940 bits per heavy atom. The van der Waals surface area contributed by atoms with Gasteiger partial charge >= 0.3 is 11.4 Å². The summed E-state index contributed by atoms with van der Waals surface area (Å²) in [6.45, 7) is 14.5. The summed E-state index contributed by atoms with van der Waals surface area (Å²) in [5.74, 6) is -0.878. The van der Waals surface area contributed by atoms with Gasteiger partial charge in [-0.15, -0.1) is 0 Å². The molecule has 4 aromatic heterocycles. The van der Waals surface area contributed by atoms with Gasteiger partial charge < -0.3 is 18.8 Å². The van der Waals surface area contributed by atoms with Crippen molar-refractivity contribution in [2.75, 3.05) is 32.1 Å². The predicted octanol–water partition coefficient (Wildman–Crippen LogP) is 8.37. The first-order chi connectivity index (χ1) is 32.1. The van der Waals surface area contributed by atoms with Gasteiger partial charge in [-0.25, -0.2) is 23.1 Å². The van der Waals surface area contributed by atoms with Gasteiger partial charge in [0.25, 0.3) is 5.91 Å². The smallest absolute Gasteiger partial charge is 0.381 e. The molecule has 10 rings (SSSR count). The Bertz CT molecular complexity index is 3270. The van der Waals surface area contributed by atoms with E-state index in [9.17, 15) is 14.2 Å². The minimum atomic E-state index is -3.00. The molecule has 2 aliphatic heterocycles. The largest absolute Gasteiger partial charge is 0.438 e. The molecule has 1 aliphatic carbocycles.